The molecule has 7 nitrogen and oxygen atoms in total. The molecular formula is C21H18F2N4O3. The maximum atomic E-state index is 14.0. The standard InChI is InChI=1S/C21H18F2N4O3/c1-12-7-15(11-26(2)21(12)28)14-8-17(19(20(23)24)18(9-14)27(29)30)25-10-13-3-5-16(22)6-4-13/h3-9,11,24-25H,10H2,1-2H3. The van der Waals surface area contributed by atoms with Gasteiger partial charge in [-0.3, -0.25) is 20.3 Å². The van der Waals surface area contributed by atoms with Gasteiger partial charge in [-0.05, 0) is 47.9 Å². The van der Waals surface area contributed by atoms with Crippen molar-refractivity contribution in [2.75, 3.05) is 5.32 Å². The average Bonchev–Trinajstić information content (AvgIpc) is 2.70. The number of pyridine rings is 1. The van der Waals surface area contributed by atoms with Crippen molar-refractivity contribution in [1.29, 1.82) is 5.41 Å². The normalized spacial score (nSPS) is 10.7. The number of halogens is 2. The number of nitro groups is 1. The fraction of sp³-hybridized carbons (Fsp3) is 0.143. The van der Waals surface area contributed by atoms with E-state index in [-0.39, 0.29) is 17.8 Å². The molecule has 0 spiro atoms. The lowest BCUT2D eigenvalue weighted by Gasteiger charge is -2.14. The van der Waals surface area contributed by atoms with Gasteiger partial charge in [0.05, 0.1) is 10.6 Å². The summed E-state index contributed by atoms with van der Waals surface area (Å²) in [6, 6.07) is 9.83. The monoisotopic (exact) mass is 412 g/mol. The molecule has 0 saturated heterocycles. The topological polar surface area (TPSA) is 101 Å². The third-order valence-corrected chi connectivity index (χ3v) is 4.63. The van der Waals surface area contributed by atoms with Crippen molar-refractivity contribution < 1.29 is 13.7 Å². The molecule has 0 aliphatic rings. The molecule has 154 valence electrons. The van der Waals surface area contributed by atoms with E-state index in [0.29, 0.717) is 22.3 Å². The van der Waals surface area contributed by atoms with Crippen LogP contribution in [0.15, 0.2) is 53.5 Å². The van der Waals surface area contributed by atoms with Gasteiger partial charge in [0.25, 0.3) is 11.2 Å². The summed E-state index contributed by atoms with van der Waals surface area (Å²) in [5.74, 6) is -1.86. The number of hydrogen-bond donors (Lipinski definition) is 2. The van der Waals surface area contributed by atoms with E-state index in [2.05, 4.69) is 5.32 Å². The second-order valence-corrected chi connectivity index (χ2v) is 6.80. The van der Waals surface area contributed by atoms with Crippen LogP contribution in [-0.4, -0.2) is 15.5 Å². The van der Waals surface area contributed by atoms with E-state index in [0.717, 1.165) is 0 Å². The maximum Gasteiger partial charge on any atom is 0.283 e. The van der Waals surface area contributed by atoms with Gasteiger partial charge in [-0.15, -0.1) is 0 Å². The molecule has 9 heteroatoms. The highest BCUT2D eigenvalue weighted by Crippen LogP contribution is 2.34. The molecule has 3 rings (SSSR count). The predicted octanol–water partition coefficient (Wildman–Crippen LogP) is 4.31. The molecule has 0 aliphatic heterocycles. The lowest BCUT2D eigenvalue weighted by atomic mass is 10.0. The summed E-state index contributed by atoms with van der Waals surface area (Å²) in [7, 11) is 1.56. The van der Waals surface area contributed by atoms with Crippen LogP contribution in [0.2, 0.25) is 0 Å². The summed E-state index contributed by atoms with van der Waals surface area (Å²) in [6.45, 7) is 1.76. The van der Waals surface area contributed by atoms with Crippen LogP contribution < -0.4 is 10.9 Å². The molecule has 0 fully saturated rings. The number of aromatic nitrogens is 1. The van der Waals surface area contributed by atoms with E-state index in [9.17, 15) is 23.7 Å². The van der Waals surface area contributed by atoms with Crippen LogP contribution in [0.1, 0.15) is 16.7 Å². The fourth-order valence-corrected chi connectivity index (χ4v) is 3.14. The predicted molar refractivity (Wildman–Crippen MR) is 110 cm³/mol. The molecule has 1 heterocycles. The van der Waals surface area contributed by atoms with Gasteiger partial charge in [0, 0.05) is 31.4 Å². The minimum atomic E-state index is -1.45. The Bertz CT molecular complexity index is 1180. The zero-order valence-corrected chi connectivity index (χ0v) is 16.2. The molecular weight excluding hydrogens is 394 g/mol. The first-order valence-corrected chi connectivity index (χ1v) is 8.90. The van der Waals surface area contributed by atoms with Gasteiger partial charge in [-0.2, -0.15) is 4.39 Å². The molecule has 0 saturated carbocycles. The molecule has 0 amide bonds. The van der Waals surface area contributed by atoms with Crippen molar-refractivity contribution >= 4 is 17.3 Å². The van der Waals surface area contributed by atoms with Gasteiger partial charge >= 0.3 is 0 Å². The Morgan fingerprint density at radius 3 is 2.43 bits per heavy atom. The van der Waals surface area contributed by atoms with E-state index >= 15 is 0 Å². The summed E-state index contributed by atoms with van der Waals surface area (Å²) in [4.78, 5) is 22.8. The number of anilines is 1. The Morgan fingerprint density at radius 2 is 1.87 bits per heavy atom. The highest BCUT2D eigenvalue weighted by atomic mass is 19.1. The lowest BCUT2D eigenvalue weighted by molar-refractivity contribution is -0.385. The highest BCUT2D eigenvalue weighted by Gasteiger charge is 2.24. The number of rotatable bonds is 6. The second-order valence-electron chi connectivity index (χ2n) is 6.80. The Kier molecular flexibility index (Phi) is 5.72. The smallest absolute Gasteiger partial charge is 0.283 e. The SMILES string of the molecule is Cc1cc(-c2cc(NCc3ccc(F)cc3)c(C(=N)F)c([N+](=O)[O-])c2)cn(C)c1=O. The van der Waals surface area contributed by atoms with Crippen LogP contribution in [0.4, 0.5) is 20.2 Å². The summed E-state index contributed by atoms with van der Waals surface area (Å²) in [6.07, 6.45) is 1.53. The van der Waals surface area contributed by atoms with E-state index in [4.69, 9.17) is 5.41 Å². The molecule has 0 bridgehead atoms. The van der Waals surface area contributed by atoms with Crippen LogP contribution in [0.3, 0.4) is 0 Å². The van der Waals surface area contributed by atoms with Crippen molar-refractivity contribution in [3.8, 4) is 11.1 Å². The van der Waals surface area contributed by atoms with Crippen LogP contribution >= 0.6 is 0 Å². The third-order valence-electron chi connectivity index (χ3n) is 4.63. The number of aryl methyl sites for hydroxylation is 2. The first kappa shape index (κ1) is 20.8. The van der Waals surface area contributed by atoms with Crippen molar-refractivity contribution in [3.63, 3.8) is 0 Å². The quantitative estimate of drug-likeness (QED) is 0.358. The molecule has 30 heavy (non-hydrogen) atoms. The molecule has 3 aromatic rings. The van der Waals surface area contributed by atoms with Crippen LogP contribution in [-0.2, 0) is 13.6 Å². The van der Waals surface area contributed by atoms with Crippen molar-refractivity contribution in [1.82, 2.24) is 4.57 Å². The van der Waals surface area contributed by atoms with Crippen molar-refractivity contribution in [2.24, 2.45) is 7.05 Å². The molecule has 2 N–H and O–H groups in total. The van der Waals surface area contributed by atoms with E-state index in [1.54, 1.807) is 20.0 Å². The minimum Gasteiger partial charge on any atom is -0.380 e. The zero-order valence-electron chi connectivity index (χ0n) is 16.2. The van der Waals surface area contributed by atoms with Gasteiger partial charge in [0.1, 0.15) is 11.4 Å². The first-order valence-electron chi connectivity index (χ1n) is 8.90. The Balaban J connectivity index is 2.13. The molecule has 1 aromatic heterocycles. The van der Waals surface area contributed by atoms with E-state index < -0.39 is 28.0 Å². The average molecular weight is 412 g/mol. The van der Waals surface area contributed by atoms with E-state index in [1.807, 2.05) is 0 Å². The van der Waals surface area contributed by atoms with Crippen molar-refractivity contribution in [2.45, 2.75) is 13.5 Å². The number of benzene rings is 2. The number of nitrogens with one attached hydrogen (secondary N) is 2. The minimum absolute atomic E-state index is 0.0440. The van der Waals surface area contributed by atoms with Crippen LogP contribution in [0.5, 0.6) is 0 Å². The van der Waals surface area contributed by atoms with Gasteiger partial charge in [-0.1, -0.05) is 12.1 Å². The van der Waals surface area contributed by atoms with Crippen LogP contribution in [0.25, 0.3) is 11.1 Å². The van der Waals surface area contributed by atoms with Crippen LogP contribution in [0, 0.1) is 28.3 Å². The van der Waals surface area contributed by atoms with Crippen molar-refractivity contribution in [3.05, 3.63) is 91.6 Å². The van der Waals surface area contributed by atoms with Gasteiger partial charge < -0.3 is 9.88 Å². The second kappa shape index (κ2) is 8.24. The van der Waals surface area contributed by atoms with Gasteiger partial charge in [0.15, 0.2) is 0 Å². The Labute approximate surface area is 170 Å². The summed E-state index contributed by atoms with van der Waals surface area (Å²) >= 11 is 0. The summed E-state index contributed by atoms with van der Waals surface area (Å²) < 4.78 is 28.4. The number of hydrogen-bond acceptors (Lipinski definition) is 5. The van der Waals surface area contributed by atoms with E-state index in [1.165, 1.54) is 47.2 Å². The molecule has 0 radical (unpaired) electrons. The number of nitro benzene ring substituents is 1. The summed E-state index contributed by atoms with van der Waals surface area (Å²) in [5, 5.41) is 21.9. The fourth-order valence-electron chi connectivity index (χ4n) is 3.14. The Hall–Kier alpha value is -3.88. The number of nitrogens with zero attached hydrogens (tertiary/aromatic N) is 2. The molecule has 0 unspecified atom stereocenters. The maximum absolute atomic E-state index is 14.0. The largest absolute Gasteiger partial charge is 0.380 e. The van der Waals surface area contributed by atoms with Gasteiger partial charge in [0.2, 0.25) is 5.97 Å². The molecule has 2 aromatic carbocycles. The zero-order chi connectivity index (χ0) is 22.0. The third kappa shape index (κ3) is 4.24. The molecule has 0 atom stereocenters. The molecule has 0 aliphatic carbocycles. The highest BCUT2D eigenvalue weighted by molar-refractivity contribution is 6.02. The Morgan fingerprint density at radius 1 is 1.20 bits per heavy atom. The summed E-state index contributed by atoms with van der Waals surface area (Å²) in [5.41, 5.74) is 0.805. The van der Waals surface area contributed by atoms with Gasteiger partial charge in [-0.25, -0.2) is 4.39 Å². The lowest BCUT2D eigenvalue weighted by Crippen LogP contribution is -2.18. The first-order chi connectivity index (χ1) is 14.2.